The second kappa shape index (κ2) is 52.3. The molecule has 0 bridgehead atoms. The van der Waals surface area contributed by atoms with Gasteiger partial charge in [-0.1, -0.05) is 222 Å². The standard InChI is InChI=1S/C61H109NO8/c1-6-8-10-12-14-16-18-20-22-24-25-26-27-28-29-30-31-32-33-34-35-36-38-40-42-44-46-48-50-52-59(64)70-57(56-69-61(60(65)66)67-54-53-62(3,4)5)55-68-58(63)51-49-47-45-43-41-39-37-23-21-19-17-15-13-11-9-7-2/h8,10,14,16,20,22-23,25-26,37,57,61H,6-7,9,11-13,15,17-19,21,24,27-36,38-56H2,1-5H3/b10-8-,16-14-,22-20-,26-25-,37-23-. The van der Waals surface area contributed by atoms with Gasteiger partial charge in [-0.3, -0.25) is 9.59 Å². The van der Waals surface area contributed by atoms with Crippen molar-refractivity contribution in [2.75, 3.05) is 47.5 Å². The molecule has 0 aromatic carbocycles. The molecule has 0 rings (SSSR count). The Hall–Kier alpha value is -3.01. The number of hydrogen-bond acceptors (Lipinski definition) is 8. The average Bonchev–Trinajstić information content (AvgIpc) is 3.33. The second-order valence-electron chi connectivity index (χ2n) is 20.5. The number of carboxylic acids is 1. The summed E-state index contributed by atoms with van der Waals surface area (Å²) in [5.74, 6) is -2.29. The highest BCUT2D eigenvalue weighted by atomic mass is 16.7. The lowest BCUT2D eigenvalue weighted by Gasteiger charge is -2.26. The quantitative estimate of drug-likeness (QED) is 0.0195. The first kappa shape index (κ1) is 67.0. The number of carbonyl (C=O) groups excluding carboxylic acids is 3. The molecule has 9 heteroatoms. The highest BCUT2D eigenvalue weighted by Crippen LogP contribution is 2.16. The molecule has 2 atom stereocenters. The van der Waals surface area contributed by atoms with Crippen molar-refractivity contribution in [3.05, 3.63) is 60.8 Å². The molecule has 2 unspecified atom stereocenters. The summed E-state index contributed by atoms with van der Waals surface area (Å²) >= 11 is 0. The highest BCUT2D eigenvalue weighted by Gasteiger charge is 2.22. The van der Waals surface area contributed by atoms with Gasteiger partial charge in [-0.2, -0.15) is 0 Å². The van der Waals surface area contributed by atoms with E-state index < -0.39 is 24.3 Å². The predicted octanol–water partition coefficient (Wildman–Crippen LogP) is 15.5. The number of quaternary nitrogens is 1. The summed E-state index contributed by atoms with van der Waals surface area (Å²) in [7, 11) is 5.92. The fourth-order valence-corrected chi connectivity index (χ4v) is 8.05. The van der Waals surface area contributed by atoms with E-state index >= 15 is 0 Å². The summed E-state index contributed by atoms with van der Waals surface area (Å²) in [6.07, 6.45) is 62.7. The number of likely N-dealkylation sites (N-methyl/N-ethyl adjacent to an activating group) is 1. The molecule has 9 nitrogen and oxygen atoms in total. The number of allylic oxidation sites excluding steroid dienone is 10. The number of rotatable bonds is 53. The van der Waals surface area contributed by atoms with Gasteiger partial charge in [0.25, 0.3) is 0 Å². The molecule has 70 heavy (non-hydrogen) atoms. The summed E-state index contributed by atoms with van der Waals surface area (Å²) < 4.78 is 22.7. The molecule has 0 aromatic rings. The number of carboxylic acid groups (broad SMARTS) is 1. The minimum Gasteiger partial charge on any atom is -0.545 e. The van der Waals surface area contributed by atoms with Crippen LogP contribution in [0.3, 0.4) is 0 Å². The molecule has 0 aliphatic rings. The summed E-state index contributed by atoms with van der Waals surface area (Å²) in [5.41, 5.74) is 0. The van der Waals surface area contributed by atoms with Crippen molar-refractivity contribution >= 4 is 17.9 Å². The molecule has 0 fully saturated rings. The van der Waals surface area contributed by atoms with Crippen molar-refractivity contribution < 1.29 is 42.9 Å². The van der Waals surface area contributed by atoms with Crippen LogP contribution in [0.1, 0.15) is 251 Å². The highest BCUT2D eigenvalue weighted by molar-refractivity contribution is 5.70. The molecule has 0 radical (unpaired) electrons. The number of unbranched alkanes of at least 4 members (excludes halogenated alkanes) is 28. The average molecular weight is 985 g/mol. The van der Waals surface area contributed by atoms with Crippen LogP contribution in [0, 0.1) is 0 Å². The lowest BCUT2D eigenvalue weighted by Crippen LogP contribution is -2.44. The number of esters is 2. The zero-order valence-electron chi connectivity index (χ0n) is 46.1. The van der Waals surface area contributed by atoms with Crippen LogP contribution in [0.4, 0.5) is 0 Å². The molecular formula is C61H109NO8. The van der Waals surface area contributed by atoms with Crippen LogP contribution < -0.4 is 5.11 Å². The Morgan fingerprint density at radius 3 is 1.23 bits per heavy atom. The van der Waals surface area contributed by atoms with Crippen LogP contribution in [0.2, 0.25) is 0 Å². The Morgan fingerprint density at radius 2 is 0.814 bits per heavy atom. The Labute approximate surface area is 431 Å². The molecule has 0 amide bonds. The SMILES string of the molecule is CC/C=C\C/C=C\C/C=C\C/C=C\CCCCCCCCCCCCCCCCCCC(=O)OC(COC(=O)CCCCCCC/C=C\CCCCCCCCC)COC(OCC[N+](C)(C)C)C(=O)[O-]. The van der Waals surface area contributed by atoms with Gasteiger partial charge in [0.1, 0.15) is 13.2 Å². The van der Waals surface area contributed by atoms with Gasteiger partial charge in [-0.05, 0) is 77.0 Å². The minimum absolute atomic E-state index is 0.146. The molecule has 0 saturated heterocycles. The molecule has 0 saturated carbocycles. The van der Waals surface area contributed by atoms with Crippen LogP contribution in [-0.4, -0.2) is 82.3 Å². The van der Waals surface area contributed by atoms with Gasteiger partial charge in [0.05, 0.1) is 40.3 Å². The minimum atomic E-state index is -1.62. The van der Waals surface area contributed by atoms with E-state index in [0.717, 1.165) is 77.0 Å². The summed E-state index contributed by atoms with van der Waals surface area (Å²) in [6.45, 7) is 4.64. The maximum atomic E-state index is 12.9. The number of aliphatic carboxylic acids is 1. The van der Waals surface area contributed by atoms with Crippen LogP contribution >= 0.6 is 0 Å². The third-order valence-corrected chi connectivity index (χ3v) is 12.5. The van der Waals surface area contributed by atoms with E-state index in [1.54, 1.807) is 0 Å². The summed E-state index contributed by atoms with van der Waals surface area (Å²) in [4.78, 5) is 37.2. The predicted molar refractivity (Wildman–Crippen MR) is 292 cm³/mol. The van der Waals surface area contributed by atoms with Crippen molar-refractivity contribution in [3.63, 3.8) is 0 Å². The normalized spacial score (nSPS) is 13.2. The largest absolute Gasteiger partial charge is 0.545 e. The van der Waals surface area contributed by atoms with Gasteiger partial charge >= 0.3 is 11.9 Å². The zero-order valence-corrected chi connectivity index (χ0v) is 46.1. The summed E-state index contributed by atoms with van der Waals surface area (Å²) in [5, 5.41) is 11.8. The maximum Gasteiger partial charge on any atom is 0.306 e. The molecule has 0 aliphatic carbocycles. The van der Waals surface area contributed by atoms with Crippen LogP contribution in [-0.2, 0) is 33.3 Å². The van der Waals surface area contributed by atoms with E-state index in [1.165, 1.54) is 141 Å². The monoisotopic (exact) mass is 984 g/mol. The second-order valence-corrected chi connectivity index (χ2v) is 20.5. The summed E-state index contributed by atoms with van der Waals surface area (Å²) in [6, 6.07) is 0. The molecular weight excluding hydrogens is 875 g/mol. The third-order valence-electron chi connectivity index (χ3n) is 12.5. The molecule has 0 spiro atoms. The van der Waals surface area contributed by atoms with Gasteiger partial charge in [0.2, 0.25) is 0 Å². The van der Waals surface area contributed by atoms with E-state index in [2.05, 4.69) is 74.6 Å². The number of carbonyl (C=O) groups is 3. The first-order valence-electron chi connectivity index (χ1n) is 28.9. The Balaban J connectivity index is 4.18. The van der Waals surface area contributed by atoms with Crippen molar-refractivity contribution in [2.24, 2.45) is 0 Å². The van der Waals surface area contributed by atoms with Crippen LogP contribution in [0.25, 0.3) is 0 Å². The lowest BCUT2D eigenvalue weighted by atomic mass is 10.0. The Kier molecular flexibility index (Phi) is 50.1. The fourth-order valence-electron chi connectivity index (χ4n) is 8.05. The van der Waals surface area contributed by atoms with Gasteiger partial charge in [0, 0.05) is 12.8 Å². The van der Waals surface area contributed by atoms with E-state index in [1.807, 2.05) is 21.1 Å². The molecule has 0 heterocycles. The Morgan fingerprint density at radius 1 is 0.443 bits per heavy atom. The van der Waals surface area contributed by atoms with Crippen LogP contribution in [0.5, 0.6) is 0 Å². The number of hydrogen-bond donors (Lipinski definition) is 0. The zero-order chi connectivity index (χ0) is 51.3. The topological polar surface area (TPSA) is 111 Å². The lowest BCUT2D eigenvalue weighted by molar-refractivity contribution is -0.870. The van der Waals surface area contributed by atoms with Crippen molar-refractivity contribution in [1.29, 1.82) is 0 Å². The van der Waals surface area contributed by atoms with Crippen molar-refractivity contribution in [2.45, 2.75) is 264 Å². The van der Waals surface area contributed by atoms with Gasteiger partial charge < -0.3 is 33.3 Å². The molecule has 0 aromatic heterocycles. The first-order valence-corrected chi connectivity index (χ1v) is 28.9. The smallest absolute Gasteiger partial charge is 0.306 e. The molecule has 406 valence electrons. The number of ether oxygens (including phenoxy) is 4. The fraction of sp³-hybridized carbons (Fsp3) is 0.787. The van der Waals surface area contributed by atoms with Gasteiger partial charge in [-0.25, -0.2) is 0 Å². The third kappa shape index (κ3) is 52.8. The molecule has 0 aliphatic heterocycles. The van der Waals surface area contributed by atoms with Crippen molar-refractivity contribution in [3.8, 4) is 0 Å². The van der Waals surface area contributed by atoms with Gasteiger partial charge in [0.15, 0.2) is 12.4 Å². The maximum absolute atomic E-state index is 12.9. The first-order chi connectivity index (χ1) is 34.1. The van der Waals surface area contributed by atoms with Crippen LogP contribution in [0.15, 0.2) is 60.8 Å². The Bertz CT molecular complexity index is 1330. The van der Waals surface area contributed by atoms with E-state index in [4.69, 9.17) is 18.9 Å². The number of nitrogens with zero attached hydrogens (tertiary/aromatic N) is 1. The van der Waals surface area contributed by atoms with E-state index in [-0.39, 0.29) is 38.6 Å². The van der Waals surface area contributed by atoms with E-state index in [0.29, 0.717) is 17.4 Å². The molecule has 0 N–H and O–H groups in total. The van der Waals surface area contributed by atoms with Crippen molar-refractivity contribution in [1.82, 2.24) is 0 Å². The van der Waals surface area contributed by atoms with Gasteiger partial charge in [-0.15, -0.1) is 0 Å². The van der Waals surface area contributed by atoms with E-state index in [9.17, 15) is 19.5 Å².